The number of halogens is 3. The third-order valence-corrected chi connectivity index (χ3v) is 6.64. The van der Waals surface area contributed by atoms with Crippen molar-refractivity contribution in [3.05, 3.63) is 46.6 Å². The van der Waals surface area contributed by atoms with Crippen LogP contribution in [0.2, 0.25) is 0 Å². The summed E-state index contributed by atoms with van der Waals surface area (Å²) in [5, 5.41) is 2.41. The number of anilines is 2. The molecule has 3 aromatic rings. The number of aromatic amines is 1. The van der Waals surface area contributed by atoms with Crippen molar-refractivity contribution in [2.24, 2.45) is 7.05 Å². The first-order valence-corrected chi connectivity index (χ1v) is 10.6. The Morgan fingerprint density at radius 3 is 2.61 bits per heavy atom. The second-order valence-corrected chi connectivity index (χ2v) is 8.54. The Kier molecular flexibility index (Phi) is 4.83. The number of alkyl halides is 3. The van der Waals surface area contributed by atoms with Gasteiger partial charge in [-0.3, -0.25) is 4.79 Å². The average Bonchev–Trinajstić information content (AvgIpc) is 3.23. The molecule has 2 aliphatic heterocycles. The molecule has 2 amide bonds. The molecule has 33 heavy (non-hydrogen) atoms. The molecule has 0 unspecified atom stereocenters. The van der Waals surface area contributed by atoms with Crippen LogP contribution in [0.3, 0.4) is 0 Å². The molecule has 174 valence electrons. The number of piperidine rings is 1. The highest BCUT2D eigenvalue weighted by atomic mass is 19.4. The second kappa shape index (κ2) is 7.49. The fourth-order valence-electron chi connectivity index (χ4n) is 4.64. The Morgan fingerprint density at radius 2 is 1.94 bits per heavy atom. The maximum absolute atomic E-state index is 13.1. The second-order valence-electron chi connectivity index (χ2n) is 8.54. The summed E-state index contributed by atoms with van der Waals surface area (Å²) in [5.74, 6) is 0.764. The van der Waals surface area contributed by atoms with E-state index in [1.165, 1.54) is 7.05 Å². The summed E-state index contributed by atoms with van der Waals surface area (Å²) in [7, 11) is 1.22. The molecule has 2 N–H and O–H groups in total. The minimum Gasteiger partial charge on any atom is -0.355 e. The molecule has 3 aromatic heterocycles. The highest BCUT2D eigenvalue weighted by molar-refractivity contribution is 5.90. The number of rotatable bonds is 2. The number of aromatic nitrogens is 4. The van der Waals surface area contributed by atoms with E-state index < -0.39 is 23.3 Å². The number of pyridine rings is 1. The van der Waals surface area contributed by atoms with Gasteiger partial charge in [-0.1, -0.05) is 0 Å². The predicted molar refractivity (Wildman–Crippen MR) is 115 cm³/mol. The number of amides is 2. The number of urea groups is 1. The van der Waals surface area contributed by atoms with Gasteiger partial charge >= 0.3 is 12.2 Å². The lowest BCUT2D eigenvalue weighted by Crippen LogP contribution is -2.66. The third kappa shape index (κ3) is 3.68. The van der Waals surface area contributed by atoms with E-state index in [1.54, 1.807) is 17.3 Å². The van der Waals surface area contributed by atoms with Gasteiger partial charge in [0.2, 0.25) is 0 Å². The molecule has 2 fully saturated rings. The van der Waals surface area contributed by atoms with Gasteiger partial charge in [0.15, 0.2) is 5.65 Å². The molecular weight excluding hydrogens is 439 g/mol. The highest BCUT2D eigenvalue weighted by Gasteiger charge is 2.49. The van der Waals surface area contributed by atoms with E-state index in [4.69, 9.17) is 0 Å². The molecule has 9 nitrogen and oxygen atoms in total. The maximum Gasteiger partial charge on any atom is 0.417 e. The summed E-state index contributed by atoms with van der Waals surface area (Å²) < 4.78 is 40.2. The van der Waals surface area contributed by atoms with Gasteiger partial charge in [0.05, 0.1) is 11.8 Å². The molecule has 0 radical (unpaired) electrons. The summed E-state index contributed by atoms with van der Waals surface area (Å²) in [6, 6.07) is 1.98. The topological polar surface area (TPSA) is 99.2 Å². The smallest absolute Gasteiger partial charge is 0.355 e. The summed E-state index contributed by atoms with van der Waals surface area (Å²) in [5.41, 5.74) is -0.952. The molecule has 12 heteroatoms. The molecular formula is C21H22F3N7O2. The van der Waals surface area contributed by atoms with Gasteiger partial charge in [-0.05, 0) is 31.4 Å². The van der Waals surface area contributed by atoms with Gasteiger partial charge in [0.1, 0.15) is 17.0 Å². The first-order chi connectivity index (χ1) is 15.7. The first-order valence-electron chi connectivity index (χ1n) is 10.6. The number of likely N-dealkylation sites (tertiary alicyclic amines) is 1. The Hall–Kier alpha value is -3.57. The Bertz CT molecular complexity index is 1270. The van der Waals surface area contributed by atoms with E-state index in [0.29, 0.717) is 44.7 Å². The van der Waals surface area contributed by atoms with Gasteiger partial charge < -0.3 is 24.7 Å². The Labute approximate surface area is 186 Å². The van der Waals surface area contributed by atoms with Crippen LogP contribution in [0.15, 0.2) is 35.5 Å². The van der Waals surface area contributed by atoms with E-state index >= 15 is 0 Å². The van der Waals surface area contributed by atoms with Crippen molar-refractivity contribution < 1.29 is 18.0 Å². The average molecular weight is 461 g/mol. The molecule has 0 saturated carbocycles. The van der Waals surface area contributed by atoms with Crippen LogP contribution >= 0.6 is 0 Å². The highest BCUT2D eigenvalue weighted by Crippen LogP contribution is 2.41. The number of nitrogens with zero attached hydrogens (tertiary/aromatic N) is 5. The zero-order chi connectivity index (χ0) is 23.4. The van der Waals surface area contributed by atoms with Crippen molar-refractivity contribution in [1.29, 1.82) is 0 Å². The normalized spacial score (nSPS) is 17.9. The Morgan fingerprint density at radius 1 is 1.21 bits per heavy atom. The third-order valence-electron chi connectivity index (χ3n) is 6.64. The van der Waals surface area contributed by atoms with E-state index in [9.17, 15) is 22.8 Å². The number of hydrogen-bond acceptors (Lipinski definition) is 5. The zero-order valence-corrected chi connectivity index (χ0v) is 17.8. The van der Waals surface area contributed by atoms with Crippen LogP contribution in [0.25, 0.3) is 11.2 Å². The fraction of sp³-hybridized carbons (Fsp3) is 0.429. The molecule has 5 heterocycles. The lowest BCUT2D eigenvalue weighted by atomic mass is 9.76. The fourth-order valence-corrected chi connectivity index (χ4v) is 4.64. The van der Waals surface area contributed by atoms with E-state index in [0.717, 1.165) is 28.0 Å². The monoisotopic (exact) mass is 461 g/mol. The van der Waals surface area contributed by atoms with Crippen LogP contribution in [0, 0.1) is 0 Å². The van der Waals surface area contributed by atoms with Gasteiger partial charge in [0, 0.05) is 44.6 Å². The van der Waals surface area contributed by atoms with Crippen molar-refractivity contribution in [3.8, 4) is 0 Å². The number of carbonyl (C=O) groups is 1. The number of H-pyrrole nitrogens is 1. The number of aryl methyl sites for hydroxylation is 1. The summed E-state index contributed by atoms with van der Waals surface area (Å²) in [6.45, 7) is 1.82. The molecule has 2 aliphatic rings. The van der Waals surface area contributed by atoms with Crippen LogP contribution in [-0.4, -0.2) is 55.6 Å². The largest absolute Gasteiger partial charge is 0.417 e. The summed E-state index contributed by atoms with van der Waals surface area (Å²) in [6.07, 6.45) is 1.77. The van der Waals surface area contributed by atoms with E-state index in [-0.39, 0.29) is 11.2 Å². The van der Waals surface area contributed by atoms with Gasteiger partial charge in [-0.2, -0.15) is 13.2 Å². The minimum absolute atomic E-state index is 0.376. The SMILES string of the molecule is Cn1cc(C(F)(F)F)cc(NC(=O)N2CCC23CCN(c2cnc4[nH]ccc4n2)CC3)c1=O. The van der Waals surface area contributed by atoms with Crippen molar-refractivity contribution in [2.75, 3.05) is 29.9 Å². The van der Waals surface area contributed by atoms with Crippen LogP contribution in [0.4, 0.5) is 29.5 Å². The summed E-state index contributed by atoms with van der Waals surface area (Å²) >= 11 is 0. The number of carbonyl (C=O) groups excluding carboxylic acids is 1. The molecule has 0 atom stereocenters. The minimum atomic E-state index is -4.62. The number of fused-ring (bicyclic) bond motifs is 1. The number of nitrogens with one attached hydrogen (secondary N) is 2. The van der Waals surface area contributed by atoms with E-state index in [2.05, 4.69) is 25.2 Å². The summed E-state index contributed by atoms with van der Waals surface area (Å²) in [4.78, 5) is 40.9. The quantitative estimate of drug-likeness (QED) is 0.612. The van der Waals surface area contributed by atoms with Gasteiger partial charge in [-0.15, -0.1) is 0 Å². The lowest BCUT2D eigenvalue weighted by Gasteiger charge is -2.56. The molecule has 0 bridgehead atoms. The van der Waals surface area contributed by atoms with E-state index in [1.807, 2.05) is 6.07 Å². The molecule has 2 saturated heterocycles. The predicted octanol–water partition coefficient (Wildman–Crippen LogP) is 2.95. The van der Waals surface area contributed by atoms with Crippen molar-refractivity contribution in [1.82, 2.24) is 24.4 Å². The Balaban J connectivity index is 1.29. The van der Waals surface area contributed by atoms with Crippen LogP contribution in [0.1, 0.15) is 24.8 Å². The van der Waals surface area contributed by atoms with Crippen molar-refractivity contribution in [2.45, 2.75) is 31.0 Å². The molecule has 1 spiro atoms. The zero-order valence-electron chi connectivity index (χ0n) is 17.8. The maximum atomic E-state index is 13.1. The van der Waals surface area contributed by atoms with Crippen LogP contribution in [0.5, 0.6) is 0 Å². The standard InChI is InChI=1S/C21H22F3N7O2/c1-29-12-13(21(22,23)24)10-15(18(29)32)28-19(33)31-9-5-20(31)3-7-30(8-4-20)16-11-26-17-14(27-16)2-6-25-17/h2,6,10-12H,3-5,7-9H2,1H3,(H,25,26)(H,28,33). The van der Waals surface area contributed by atoms with Crippen LogP contribution < -0.4 is 15.8 Å². The van der Waals surface area contributed by atoms with Gasteiger partial charge in [-0.25, -0.2) is 14.8 Å². The molecule has 0 aliphatic carbocycles. The van der Waals surface area contributed by atoms with Crippen molar-refractivity contribution in [3.63, 3.8) is 0 Å². The first kappa shape index (κ1) is 21.3. The number of hydrogen-bond donors (Lipinski definition) is 2. The lowest BCUT2D eigenvalue weighted by molar-refractivity contribution is -0.138. The van der Waals surface area contributed by atoms with Crippen LogP contribution in [-0.2, 0) is 13.2 Å². The van der Waals surface area contributed by atoms with Gasteiger partial charge in [0.25, 0.3) is 5.56 Å². The molecule has 5 rings (SSSR count). The van der Waals surface area contributed by atoms with Crippen molar-refractivity contribution >= 4 is 28.7 Å². The molecule has 0 aromatic carbocycles.